The topological polar surface area (TPSA) is 43.8 Å². The van der Waals surface area contributed by atoms with Crippen molar-refractivity contribution in [2.45, 2.75) is 30.6 Å². The predicted molar refractivity (Wildman–Crippen MR) is 81.9 cm³/mol. The molecule has 1 aromatic carbocycles. The summed E-state index contributed by atoms with van der Waals surface area (Å²) >= 11 is 5.12. The Morgan fingerprint density at radius 3 is 2.84 bits per heavy atom. The maximum atomic E-state index is 13.5. The molecule has 0 atom stereocenters. The number of thioether (sulfide) groups is 1. The van der Waals surface area contributed by atoms with Crippen molar-refractivity contribution in [3.05, 3.63) is 22.4 Å². The zero-order valence-corrected chi connectivity index (χ0v) is 13.0. The standard InChI is InChI=1S/C13H15BrFN3S/c1-19-13(3-2-4-13)7-18-11-5-8(14)9(15)6-10(11)17-12(18)16/h5-6H,2-4,7H2,1H3,(H2,16,17). The molecule has 0 amide bonds. The van der Waals surface area contributed by atoms with Crippen molar-refractivity contribution >= 4 is 44.7 Å². The Kier molecular flexibility index (Phi) is 3.25. The number of aromatic nitrogens is 2. The van der Waals surface area contributed by atoms with Gasteiger partial charge in [-0.3, -0.25) is 0 Å². The van der Waals surface area contributed by atoms with Crippen molar-refractivity contribution in [1.29, 1.82) is 0 Å². The van der Waals surface area contributed by atoms with Gasteiger partial charge in [-0.15, -0.1) is 0 Å². The second-order valence-corrected chi connectivity index (χ2v) is 7.18. The minimum Gasteiger partial charge on any atom is -0.369 e. The van der Waals surface area contributed by atoms with E-state index in [0.717, 1.165) is 12.1 Å². The molecule has 19 heavy (non-hydrogen) atoms. The van der Waals surface area contributed by atoms with E-state index in [9.17, 15) is 4.39 Å². The van der Waals surface area contributed by atoms with Gasteiger partial charge in [-0.05, 0) is 41.1 Å². The highest BCUT2D eigenvalue weighted by molar-refractivity contribution is 9.10. The Labute approximate surface area is 123 Å². The molecule has 0 saturated heterocycles. The zero-order valence-electron chi connectivity index (χ0n) is 10.6. The molecule has 0 spiro atoms. The van der Waals surface area contributed by atoms with Crippen LogP contribution in [0.2, 0.25) is 0 Å². The van der Waals surface area contributed by atoms with Gasteiger partial charge < -0.3 is 10.3 Å². The maximum Gasteiger partial charge on any atom is 0.201 e. The van der Waals surface area contributed by atoms with Crippen LogP contribution < -0.4 is 5.73 Å². The number of imidazole rings is 1. The monoisotopic (exact) mass is 343 g/mol. The van der Waals surface area contributed by atoms with Gasteiger partial charge in [0, 0.05) is 17.4 Å². The van der Waals surface area contributed by atoms with Crippen LogP contribution in [-0.2, 0) is 6.54 Å². The number of anilines is 1. The minimum atomic E-state index is -0.305. The summed E-state index contributed by atoms with van der Waals surface area (Å²) in [6.07, 6.45) is 5.82. The van der Waals surface area contributed by atoms with Gasteiger partial charge in [-0.25, -0.2) is 9.37 Å². The van der Waals surface area contributed by atoms with Gasteiger partial charge in [0.25, 0.3) is 0 Å². The molecule has 2 aromatic rings. The number of benzene rings is 1. The largest absolute Gasteiger partial charge is 0.369 e. The fraction of sp³-hybridized carbons (Fsp3) is 0.462. The highest BCUT2D eigenvalue weighted by Crippen LogP contribution is 2.45. The number of nitrogen functional groups attached to an aromatic ring is 1. The van der Waals surface area contributed by atoms with Crippen LogP contribution in [-0.4, -0.2) is 20.6 Å². The van der Waals surface area contributed by atoms with E-state index < -0.39 is 0 Å². The molecule has 0 bridgehead atoms. The van der Waals surface area contributed by atoms with Gasteiger partial charge in [-0.1, -0.05) is 6.42 Å². The average Bonchev–Trinajstić information content (AvgIpc) is 2.61. The van der Waals surface area contributed by atoms with Crippen molar-refractivity contribution in [3.63, 3.8) is 0 Å². The summed E-state index contributed by atoms with van der Waals surface area (Å²) < 4.78 is 16.3. The summed E-state index contributed by atoms with van der Waals surface area (Å²) in [5.74, 6) is 0.160. The molecule has 3 nitrogen and oxygen atoms in total. The first-order valence-electron chi connectivity index (χ1n) is 6.21. The SMILES string of the molecule is CSC1(Cn2c(N)nc3cc(F)c(Br)cc32)CCC1. The lowest BCUT2D eigenvalue weighted by Crippen LogP contribution is -2.38. The van der Waals surface area contributed by atoms with E-state index in [0.29, 0.717) is 15.9 Å². The Morgan fingerprint density at radius 1 is 1.53 bits per heavy atom. The zero-order chi connectivity index (χ0) is 13.6. The third kappa shape index (κ3) is 2.14. The molecule has 1 aliphatic carbocycles. The molecular formula is C13H15BrFN3S. The molecule has 3 rings (SSSR count). The van der Waals surface area contributed by atoms with E-state index in [1.165, 1.54) is 25.3 Å². The van der Waals surface area contributed by atoms with Gasteiger partial charge in [-0.2, -0.15) is 11.8 Å². The van der Waals surface area contributed by atoms with E-state index >= 15 is 0 Å². The van der Waals surface area contributed by atoms with Crippen LogP contribution in [0.1, 0.15) is 19.3 Å². The third-order valence-electron chi connectivity index (χ3n) is 3.96. The highest BCUT2D eigenvalue weighted by Gasteiger charge is 2.37. The summed E-state index contributed by atoms with van der Waals surface area (Å²) in [7, 11) is 0. The number of halogens is 2. The second-order valence-electron chi connectivity index (χ2n) is 5.05. The minimum absolute atomic E-state index is 0.266. The van der Waals surface area contributed by atoms with Gasteiger partial charge in [0.2, 0.25) is 5.95 Å². The highest BCUT2D eigenvalue weighted by atomic mass is 79.9. The Bertz CT molecular complexity index is 631. The first kappa shape index (κ1) is 13.2. The molecule has 102 valence electrons. The molecule has 0 unspecified atom stereocenters. The molecule has 1 aliphatic rings. The molecule has 6 heteroatoms. The second kappa shape index (κ2) is 4.66. The number of hydrogen-bond acceptors (Lipinski definition) is 3. The number of nitrogens with two attached hydrogens (primary N) is 1. The van der Waals surface area contributed by atoms with E-state index in [1.807, 2.05) is 16.3 Å². The smallest absolute Gasteiger partial charge is 0.201 e. The molecule has 1 aromatic heterocycles. The van der Waals surface area contributed by atoms with E-state index in [-0.39, 0.29) is 10.6 Å². The van der Waals surface area contributed by atoms with Crippen LogP contribution in [0.4, 0.5) is 10.3 Å². The summed E-state index contributed by atoms with van der Waals surface area (Å²) in [5.41, 5.74) is 7.51. The summed E-state index contributed by atoms with van der Waals surface area (Å²) in [5, 5.41) is 0. The van der Waals surface area contributed by atoms with E-state index in [1.54, 1.807) is 6.07 Å². The molecule has 1 saturated carbocycles. The summed E-state index contributed by atoms with van der Waals surface area (Å²) in [4.78, 5) is 4.26. The van der Waals surface area contributed by atoms with E-state index in [4.69, 9.17) is 5.73 Å². The van der Waals surface area contributed by atoms with Gasteiger partial charge >= 0.3 is 0 Å². The summed E-state index contributed by atoms with van der Waals surface area (Å²) in [6, 6.07) is 3.19. The summed E-state index contributed by atoms with van der Waals surface area (Å²) in [6.45, 7) is 0.842. The van der Waals surface area contributed by atoms with Gasteiger partial charge in [0.1, 0.15) is 5.82 Å². The maximum absolute atomic E-state index is 13.5. The van der Waals surface area contributed by atoms with Crippen molar-refractivity contribution in [1.82, 2.24) is 9.55 Å². The molecule has 1 heterocycles. The first-order valence-corrected chi connectivity index (χ1v) is 8.22. The fourth-order valence-electron chi connectivity index (χ4n) is 2.59. The van der Waals surface area contributed by atoms with Crippen LogP contribution in [0.3, 0.4) is 0 Å². The van der Waals surface area contributed by atoms with Crippen molar-refractivity contribution in [3.8, 4) is 0 Å². The van der Waals surface area contributed by atoms with Crippen molar-refractivity contribution in [2.24, 2.45) is 0 Å². The van der Waals surface area contributed by atoms with Crippen LogP contribution in [0, 0.1) is 5.82 Å². The fourth-order valence-corrected chi connectivity index (χ4v) is 3.88. The van der Waals surface area contributed by atoms with Crippen molar-refractivity contribution in [2.75, 3.05) is 12.0 Å². The number of rotatable bonds is 3. The molecule has 0 radical (unpaired) electrons. The molecule has 0 aliphatic heterocycles. The predicted octanol–water partition coefficient (Wildman–Crippen LogP) is 3.81. The lowest BCUT2D eigenvalue weighted by atomic mass is 9.84. The molecular weight excluding hydrogens is 329 g/mol. The van der Waals surface area contributed by atoms with Gasteiger partial charge in [0.05, 0.1) is 15.5 Å². The third-order valence-corrected chi connectivity index (χ3v) is 5.97. The van der Waals surface area contributed by atoms with Crippen molar-refractivity contribution < 1.29 is 4.39 Å². The Balaban J connectivity index is 2.07. The number of nitrogens with zero attached hydrogens (tertiary/aromatic N) is 2. The Morgan fingerprint density at radius 2 is 2.26 bits per heavy atom. The molecule has 1 fully saturated rings. The molecule has 2 N–H and O–H groups in total. The van der Waals surface area contributed by atoms with Crippen LogP contribution in [0.5, 0.6) is 0 Å². The quantitative estimate of drug-likeness (QED) is 0.921. The van der Waals surface area contributed by atoms with E-state index in [2.05, 4.69) is 27.2 Å². The average molecular weight is 344 g/mol. The van der Waals surface area contributed by atoms with Crippen LogP contribution in [0.15, 0.2) is 16.6 Å². The van der Waals surface area contributed by atoms with Gasteiger partial charge in [0.15, 0.2) is 0 Å². The lowest BCUT2D eigenvalue weighted by molar-refractivity contribution is 0.326. The number of fused-ring (bicyclic) bond motifs is 1. The first-order chi connectivity index (χ1) is 9.04. The normalized spacial score (nSPS) is 17.6. The van der Waals surface area contributed by atoms with Crippen LogP contribution in [0.25, 0.3) is 11.0 Å². The number of hydrogen-bond donors (Lipinski definition) is 1. The Hall–Kier alpha value is -0.750. The lowest BCUT2D eigenvalue weighted by Gasteiger charge is -2.40. The van der Waals surface area contributed by atoms with Crippen LogP contribution >= 0.6 is 27.7 Å².